The normalized spacial score (nSPS) is 20.4. The number of aromatic nitrogens is 1. The molecule has 1 aromatic heterocycles. The second kappa shape index (κ2) is 9.67. The third-order valence-corrected chi connectivity index (χ3v) is 6.04. The van der Waals surface area contributed by atoms with Crippen molar-refractivity contribution < 1.29 is 23.1 Å². The van der Waals surface area contributed by atoms with E-state index < -0.39 is 43.3 Å². The summed E-state index contributed by atoms with van der Waals surface area (Å²) in [6.07, 6.45) is 2.89. The highest BCUT2D eigenvalue weighted by atomic mass is 19.3. The molecule has 2 fully saturated rings. The van der Waals surface area contributed by atoms with Crippen LogP contribution in [0.2, 0.25) is 0 Å². The van der Waals surface area contributed by atoms with Crippen molar-refractivity contribution in [3.63, 3.8) is 0 Å². The van der Waals surface area contributed by atoms with Crippen LogP contribution in [0.25, 0.3) is 10.9 Å². The molecule has 0 spiro atoms. The zero-order valence-electron chi connectivity index (χ0n) is 18.0. The number of nitriles is 1. The highest BCUT2D eigenvalue weighted by molar-refractivity contribution is 6.07. The molecule has 2 amide bonds. The SMILES string of the molecule is N#CC1CC(F)(F)CN1C(=O)CNC(=O)c1ccnc2ccc(OCC3CCNCC3)cc12. The number of likely N-dealkylation sites (tertiary alicyclic amines) is 1. The van der Waals surface area contributed by atoms with Gasteiger partial charge in [-0.1, -0.05) is 0 Å². The van der Waals surface area contributed by atoms with Crippen LogP contribution in [0, 0.1) is 17.2 Å². The van der Waals surface area contributed by atoms with Crippen LogP contribution < -0.4 is 15.4 Å². The number of carbonyl (C=O) groups is 2. The minimum absolute atomic E-state index is 0.295. The number of rotatable bonds is 6. The number of amides is 2. The van der Waals surface area contributed by atoms with E-state index in [0.29, 0.717) is 34.7 Å². The Hall–Kier alpha value is -3.32. The molecule has 2 aliphatic heterocycles. The molecule has 10 heteroatoms. The number of piperidine rings is 1. The molecule has 4 rings (SSSR count). The van der Waals surface area contributed by atoms with Crippen molar-refractivity contribution in [3.05, 3.63) is 36.0 Å². The highest BCUT2D eigenvalue weighted by Gasteiger charge is 2.47. The Kier molecular flexibility index (Phi) is 6.70. The molecule has 0 bridgehead atoms. The van der Waals surface area contributed by atoms with Crippen LogP contribution in [0.1, 0.15) is 29.6 Å². The second-order valence-electron chi connectivity index (χ2n) is 8.45. The molecular formula is C23H25F2N5O3. The molecule has 1 unspecified atom stereocenters. The lowest BCUT2D eigenvalue weighted by Gasteiger charge is -2.22. The number of carbonyl (C=O) groups excluding carboxylic acids is 2. The molecule has 174 valence electrons. The largest absolute Gasteiger partial charge is 0.493 e. The Balaban J connectivity index is 1.43. The quantitative estimate of drug-likeness (QED) is 0.688. The fraction of sp³-hybridized carbons (Fsp3) is 0.478. The topological polar surface area (TPSA) is 107 Å². The van der Waals surface area contributed by atoms with E-state index in [0.717, 1.165) is 30.8 Å². The Morgan fingerprint density at radius 3 is 2.85 bits per heavy atom. The van der Waals surface area contributed by atoms with Gasteiger partial charge in [0.15, 0.2) is 0 Å². The van der Waals surface area contributed by atoms with Crippen LogP contribution in [0.15, 0.2) is 30.5 Å². The van der Waals surface area contributed by atoms with Crippen LogP contribution in [-0.4, -0.2) is 66.4 Å². The van der Waals surface area contributed by atoms with Gasteiger partial charge < -0.3 is 20.3 Å². The summed E-state index contributed by atoms with van der Waals surface area (Å²) in [6.45, 7) is 1.23. The number of pyridine rings is 1. The molecule has 0 saturated carbocycles. The van der Waals surface area contributed by atoms with Gasteiger partial charge in [0.05, 0.1) is 36.8 Å². The standard InChI is InChI=1S/C23H25F2N5O3/c24-23(25)10-16(11-26)30(14-23)21(31)12-29-22(32)18-5-8-28-20-2-1-17(9-19(18)20)33-13-15-3-6-27-7-4-15/h1-2,5,8-9,15-16,27H,3-4,6-7,10,12-14H2,(H,29,32). The summed E-state index contributed by atoms with van der Waals surface area (Å²) in [7, 11) is 0. The van der Waals surface area contributed by atoms with Crippen LogP contribution in [0.4, 0.5) is 8.78 Å². The first kappa shape index (κ1) is 22.9. The van der Waals surface area contributed by atoms with Crippen molar-refractivity contribution in [1.82, 2.24) is 20.5 Å². The molecule has 1 atom stereocenters. The van der Waals surface area contributed by atoms with Gasteiger partial charge in [0.1, 0.15) is 11.8 Å². The van der Waals surface area contributed by atoms with E-state index in [-0.39, 0.29) is 0 Å². The lowest BCUT2D eigenvalue weighted by atomic mass is 9.99. The second-order valence-corrected chi connectivity index (χ2v) is 8.45. The number of nitrogens with one attached hydrogen (secondary N) is 2. The van der Waals surface area contributed by atoms with Crippen LogP contribution in [0.5, 0.6) is 5.75 Å². The summed E-state index contributed by atoms with van der Waals surface area (Å²) < 4.78 is 33.1. The maximum Gasteiger partial charge on any atom is 0.268 e. The number of nitrogens with zero attached hydrogens (tertiary/aromatic N) is 3. The number of benzene rings is 1. The molecule has 2 aromatic rings. The maximum atomic E-state index is 13.6. The van der Waals surface area contributed by atoms with Crippen molar-refractivity contribution in [3.8, 4) is 11.8 Å². The molecule has 2 N–H and O–H groups in total. The van der Waals surface area contributed by atoms with Crippen LogP contribution in [-0.2, 0) is 4.79 Å². The van der Waals surface area contributed by atoms with Gasteiger partial charge in [-0.05, 0) is 56.1 Å². The van der Waals surface area contributed by atoms with E-state index >= 15 is 0 Å². The molecule has 1 aromatic carbocycles. The van der Waals surface area contributed by atoms with E-state index in [9.17, 15) is 18.4 Å². The number of halogens is 2. The Labute approximate surface area is 189 Å². The molecular weight excluding hydrogens is 432 g/mol. The fourth-order valence-electron chi connectivity index (χ4n) is 4.22. The summed E-state index contributed by atoms with van der Waals surface area (Å²) in [6, 6.07) is 7.36. The predicted octanol–water partition coefficient (Wildman–Crippen LogP) is 2.10. The minimum Gasteiger partial charge on any atom is -0.493 e. The average molecular weight is 457 g/mol. The lowest BCUT2D eigenvalue weighted by molar-refractivity contribution is -0.131. The molecule has 0 radical (unpaired) electrons. The van der Waals surface area contributed by atoms with Gasteiger partial charge in [0.2, 0.25) is 5.91 Å². The van der Waals surface area contributed by atoms with E-state index in [1.54, 1.807) is 24.3 Å². The predicted molar refractivity (Wildman–Crippen MR) is 116 cm³/mol. The van der Waals surface area contributed by atoms with Gasteiger partial charge in [-0.15, -0.1) is 0 Å². The highest BCUT2D eigenvalue weighted by Crippen LogP contribution is 2.31. The first-order valence-electron chi connectivity index (χ1n) is 10.9. The number of ether oxygens (including phenoxy) is 1. The summed E-state index contributed by atoms with van der Waals surface area (Å²) >= 11 is 0. The Morgan fingerprint density at radius 1 is 1.30 bits per heavy atom. The van der Waals surface area contributed by atoms with E-state index in [2.05, 4.69) is 15.6 Å². The number of alkyl halides is 2. The van der Waals surface area contributed by atoms with E-state index in [4.69, 9.17) is 10.00 Å². The van der Waals surface area contributed by atoms with E-state index in [1.165, 1.54) is 12.3 Å². The summed E-state index contributed by atoms with van der Waals surface area (Å²) in [5, 5.41) is 15.4. The van der Waals surface area contributed by atoms with Gasteiger partial charge >= 0.3 is 0 Å². The first-order chi connectivity index (χ1) is 15.9. The number of fused-ring (bicyclic) bond motifs is 1. The molecule has 8 nitrogen and oxygen atoms in total. The summed E-state index contributed by atoms with van der Waals surface area (Å²) in [5.41, 5.74) is 0.885. The Bertz CT molecular complexity index is 1080. The maximum absolute atomic E-state index is 13.6. The fourth-order valence-corrected chi connectivity index (χ4v) is 4.22. The number of hydrogen-bond donors (Lipinski definition) is 2. The zero-order valence-corrected chi connectivity index (χ0v) is 18.0. The van der Waals surface area contributed by atoms with Gasteiger partial charge in [-0.2, -0.15) is 5.26 Å². The molecule has 33 heavy (non-hydrogen) atoms. The molecule has 0 aliphatic carbocycles. The first-order valence-corrected chi connectivity index (χ1v) is 10.9. The third kappa shape index (κ3) is 5.37. The van der Waals surface area contributed by atoms with Crippen molar-refractivity contribution in [2.45, 2.75) is 31.2 Å². The van der Waals surface area contributed by atoms with Crippen LogP contribution in [0.3, 0.4) is 0 Å². The lowest BCUT2D eigenvalue weighted by Crippen LogP contribution is -2.43. The van der Waals surface area contributed by atoms with Crippen LogP contribution >= 0.6 is 0 Å². The van der Waals surface area contributed by atoms with Crippen molar-refractivity contribution in [1.29, 1.82) is 5.26 Å². The van der Waals surface area contributed by atoms with Gasteiger partial charge in [-0.25, -0.2) is 8.78 Å². The Morgan fingerprint density at radius 2 is 2.09 bits per heavy atom. The monoisotopic (exact) mass is 457 g/mol. The summed E-state index contributed by atoms with van der Waals surface area (Å²) in [4.78, 5) is 30.3. The molecule has 3 heterocycles. The van der Waals surface area contributed by atoms with Gasteiger partial charge in [0.25, 0.3) is 11.8 Å². The van der Waals surface area contributed by atoms with Crippen molar-refractivity contribution in [2.24, 2.45) is 5.92 Å². The summed E-state index contributed by atoms with van der Waals surface area (Å²) in [5.74, 6) is -3.27. The molecule has 2 aliphatic rings. The zero-order chi connectivity index (χ0) is 23.4. The smallest absolute Gasteiger partial charge is 0.268 e. The van der Waals surface area contributed by atoms with Crippen molar-refractivity contribution >= 4 is 22.7 Å². The van der Waals surface area contributed by atoms with E-state index in [1.807, 2.05) is 0 Å². The van der Waals surface area contributed by atoms with Crippen molar-refractivity contribution in [2.75, 3.05) is 32.8 Å². The average Bonchev–Trinajstić information content (AvgIpc) is 3.15. The number of hydrogen-bond acceptors (Lipinski definition) is 6. The third-order valence-electron chi connectivity index (χ3n) is 6.04. The van der Waals surface area contributed by atoms with Gasteiger partial charge in [-0.3, -0.25) is 14.6 Å². The molecule has 2 saturated heterocycles. The van der Waals surface area contributed by atoms with Gasteiger partial charge in [0, 0.05) is 18.0 Å². The minimum atomic E-state index is -3.11.